The summed E-state index contributed by atoms with van der Waals surface area (Å²) in [5.74, 6) is 1.62. The monoisotopic (exact) mass is 456 g/mol. The van der Waals surface area contributed by atoms with Crippen molar-refractivity contribution in [3.63, 3.8) is 0 Å². The highest BCUT2D eigenvalue weighted by Crippen LogP contribution is 2.71. The van der Waals surface area contributed by atoms with E-state index in [9.17, 15) is 15.3 Å². The molecule has 0 unspecified atom stereocenters. The highest BCUT2D eigenvalue weighted by Gasteiger charge is 2.62. The summed E-state index contributed by atoms with van der Waals surface area (Å²) in [5.41, 5.74) is 3.85. The number of fused-ring (bicyclic) bond motifs is 5. The van der Waals surface area contributed by atoms with Crippen LogP contribution in [0.15, 0.2) is 35.5 Å². The van der Waals surface area contributed by atoms with E-state index in [1.165, 1.54) is 12.8 Å². The Hall–Kier alpha value is -0.900. The lowest BCUT2D eigenvalue weighted by Gasteiger charge is -2.61. The number of aliphatic hydroxyl groups excluding tert-OH is 3. The van der Waals surface area contributed by atoms with Crippen LogP contribution in [0.3, 0.4) is 0 Å². The molecular weight excluding hydrogens is 408 g/mol. The molecule has 3 nitrogen and oxygen atoms in total. The number of allylic oxidation sites excluding steroid dienone is 5. The fourth-order valence-electron chi connectivity index (χ4n) is 8.77. The van der Waals surface area contributed by atoms with Gasteiger partial charge in [0, 0.05) is 5.92 Å². The normalized spacial score (nSPS) is 43.0. The predicted molar refractivity (Wildman–Crippen MR) is 136 cm³/mol. The van der Waals surface area contributed by atoms with Crippen molar-refractivity contribution in [1.82, 2.24) is 0 Å². The Bertz CT molecular complexity index is 833. The van der Waals surface area contributed by atoms with Crippen LogP contribution in [0.5, 0.6) is 0 Å². The molecular formula is C30H48O3. The maximum atomic E-state index is 10.8. The molecule has 2 saturated carbocycles. The second-order valence-corrected chi connectivity index (χ2v) is 13.2. The fourth-order valence-corrected chi connectivity index (χ4v) is 8.77. The van der Waals surface area contributed by atoms with E-state index in [0.717, 1.165) is 32.1 Å². The van der Waals surface area contributed by atoms with E-state index in [-0.39, 0.29) is 46.9 Å². The van der Waals surface area contributed by atoms with Gasteiger partial charge >= 0.3 is 0 Å². The smallest absolute Gasteiger partial charge is 0.0594 e. The maximum absolute atomic E-state index is 10.8. The van der Waals surface area contributed by atoms with Crippen molar-refractivity contribution in [2.45, 2.75) is 92.6 Å². The van der Waals surface area contributed by atoms with Gasteiger partial charge in [0.15, 0.2) is 0 Å². The molecule has 186 valence electrons. The van der Waals surface area contributed by atoms with Crippen LogP contribution in [0.4, 0.5) is 0 Å². The van der Waals surface area contributed by atoms with Crippen molar-refractivity contribution >= 4 is 0 Å². The minimum absolute atomic E-state index is 0.00984. The Labute approximate surface area is 202 Å². The molecule has 3 heteroatoms. The highest BCUT2D eigenvalue weighted by molar-refractivity contribution is 5.49. The zero-order valence-corrected chi connectivity index (χ0v) is 21.9. The van der Waals surface area contributed by atoms with Crippen LogP contribution in [-0.4, -0.2) is 34.6 Å². The lowest BCUT2D eigenvalue weighted by molar-refractivity contribution is -0.0850. The maximum Gasteiger partial charge on any atom is 0.0594 e. The second-order valence-electron chi connectivity index (χ2n) is 13.2. The average molecular weight is 457 g/mol. The van der Waals surface area contributed by atoms with Crippen LogP contribution < -0.4 is 0 Å². The largest absolute Gasteiger partial charge is 0.396 e. The minimum Gasteiger partial charge on any atom is -0.396 e. The van der Waals surface area contributed by atoms with Gasteiger partial charge in [-0.25, -0.2) is 0 Å². The summed E-state index contributed by atoms with van der Waals surface area (Å²) in [4.78, 5) is 0. The molecule has 0 radical (unpaired) electrons. The summed E-state index contributed by atoms with van der Waals surface area (Å²) in [6.45, 7) is 14.6. The third-order valence-corrected chi connectivity index (χ3v) is 11.4. The molecule has 0 aliphatic heterocycles. The first-order valence-corrected chi connectivity index (χ1v) is 13.4. The van der Waals surface area contributed by atoms with Crippen LogP contribution in [0, 0.1) is 45.3 Å². The van der Waals surface area contributed by atoms with Gasteiger partial charge in [-0.1, -0.05) is 65.8 Å². The van der Waals surface area contributed by atoms with Crippen LogP contribution in [0.25, 0.3) is 0 Å². The zero-order valence-electron chi connectivity index (χ0n) is 21.9. The van der Waals surface area contributed by atoms with Gasteiger partial charge in [-0.05, 0) is 95.5 Å². The summed E-state index contributed by atoms with van der Waals surface area (Å²) < 4.78 is 0. The molecule has 0 spiro atoms. The molecule has 0 saturated heterocycles. The van der Waals surface area contributed by atoms with E-state index in [0.29, 0.717) is 17.8 Å². The van der Waals surface area contributed by atoms with Crippen molar-refractivity contribution in [2.75, 3.05) is 13.2 Å². The molecule has 3 N–H and O–H groups in total. The molecule has 7 atom stereocenters. The first-order chi connectivity index (χ1) is 15.5. The van der Waals surface area contributed by atoms with Gasteiger partial charge in [-0.15, -0.1) is 0 Å². The van der Waals surface area contributed by atoms with Gasteiger partial charge in [0.1, 0.15) is 0 Å². The van der Waals surface area contributed by atoms with Gasteiger partial charge in [-0.2, -0.15) is 0 Å². The van der Waals surface area contributed by atoms with E-state index < -0.39 is 0 Å². The Kier molecular flexibility index (Phi) is 6.60. The molecule has 2 fully saturated rings. The SMILES string of the molecule is C[C@H](CC=CC(CO)CO)[C@H]1CC[C@@]2(C)C3=CC[C@H]4C(C)(C)[C@@H](O)CC[C@]4(C)C3=CC[C@]12C. The van der Waals surface area contributed by atoms with Crippen molar-refractivity contribution in [3.8, 4) is 0 Å². The van der Waals surface area contributed by atoms with E-state index >= 15 is 0 Å². The van der Waals surface area contributed by atoms with Crippen molar-refractivity contribution < 1.29 is 15.3 Å². The van der Waals surface area contributed by atoms with Gasteiger partial charge in [0.05, 0.1) is 19.3 Å². The Morgan fingerprint density at radius 1 is 1.00 bits per heavy atom. The Morgan fingerprint density at radius 3 is 2.36 bits per heavy atom. The average Bonchev–Trinajstić information content (AvgIpc) is 3.05. The molecule has 4 rings (SSSR count). The van der Waals surface area contributed by atoms with Crippen molar-refractivity contribution in [2.24, 2.45) is 45.3 Å². The molecule has 4 aliphatic rings. The summed E-state index contributed by atoms with van der Waals surface area (Å²) in [7, 11) is 0. The summed E-state index contributed by atoms with van der Waals surface area (Å²) >= 11 is 0. The van der Waals surface area contributed by atoms with Gasteiger partial charge in [0.2, 0.25) is 0 Å². The molecule has 0 aromatic rings. The standard InChI is InChI=1S/C30H48O3/c1-20(8-7-9-21(18-31)19-32)22-12-16-30(6)24-10-11-25-27(2,3)26(33)14-15-28(25,4)23(24)13-17-29(22,30)5/h7,9-10,13,20-22,25-26,31-33H,8,11-12,14-19H2,1-6H3/t20-,22-,25+,26+,28-,29-,30+/m1/s1. The number of rotatable bonds is 6. The summed E-state index contributed by atoms with van der Waals surface area (Å²) in [6.07, 6.45) is 17.0. The summed E-state index contributed by atoms with van der Waals surface area (Å²) in [6, 6.07) is 0. The fraction of sp³-hybridized carbons (Fsp3) is 0.800. The van der Waals surface area contributed by atoms with Crippen LogP contribution in [0.2, 0.25) is 0 Å². The first-order valence-electron chi connectivity index (χ1n) is 13.4. The second kappa shape index (κ2) is 8.64. The zero-order chi connectivity index (χ0) is 24.2. The van der Waals surface area contributed by atoms with E-state index in [4.69, 9.17) is 0 Å². The quantitative estimate of drug-likeness (QED) is 0.426. The predicted octanol–water partition coefficient (Wildman–Crippen LogP) is 6.06. The summed E-state index contributed by atoms with van der Waals surface area (Å²) in [5, 5.41) is 29.5. The minimum atomic E-state index is -0.198. The lowest BCUT2D eigenvalue weighted by atomic mass is 9.44. The van der Waals surface area contributed by atoms with E-state index in [1.807, 2.05) is 6.08 Å². The molecule has 0 aromatic heterocycles. The lowest BCUT2D eigenvalue weighted by Crippen LogP contribution is -2.54. The van der Waals surface area contributed by atoms with Gasteiger partial charge in [0.25, 0.3) is 0 Å². The van der Waals surface area contributed by atoms with E-state index in [1.54, 1.807) is 11.1 Å². The van der Waals surface area contributed by atoms with Gasteiger partial charge in [-0.3, -0.25) is 0 Å². The van der Waals surface area contributed by atoms with Gasteiger partial charge < -0.3 is 15.3 Å². The molecule has 0 aromatic carbocycles. The Morgan fingerprint density at radius 2 is 1.70 bits per heavy atom. The van der Waals surface area contributed by atoms with Crippen LogP contribution in [0.1, 0.15) is 86.5 Å². The third kappa shape index (κ3) is 3.64. The number of aliphatic hydroxyl groups is 3. The number of hydrogen-bond donors (Lipinski definition) is 3. The molecule has 0 heterocycles. The molecule has 4 aliphatic carbocycles. The van der Waals surface area contributed by atoms with Crippen molar-refractivity contribution in [3.05, 3.63) is 35.5 Å². The molecule has 33 heavy (non-hydrogen) atoms. The Balaban J connectivity index is 1.61. The first kappa shape index (κ1) is 25.2. The third-order valence-electron chi connectivity index (χ3n) is 11.4. The molecule has 0 bridgehead atoms. The number of hydrogen-bond acceptors (Lipinski definition) is 3. The molecule has 0 amide bonds. The highest BCUT2D eigenvalue weighted by atomic mass is 16.3. The topological polar surface area (TPSA) is 60.7 Å². The van der Waals surface area contributed by atoms with Crippen LogP contribution in [-0.2, 0) is 0 Å². The van der Waals surface area contributed by atoms with Crippen molar-refractivity contribution in [1.29, 1.82) is 0 Å². The van der Waals surface area contributed by atoms with Crippen LogP contribution >= 0.6 is 0 Å². The van der Waals surface area contributed by atoms with E-state index in [2.05, 4.69) is 59.8 Å².